The van der Waals surface area contributed by atoms with Crippen LogP contribution in [0.5, 0.6) is 0 Å². The van der Waals surface area contributed by atoms with Crippen LogP contribution < -0.4 is 0 Å². The minimum absolute atomic E-state index is 1.29. The zero-order valence-electron chi connectivity index (χ0n) is 11.0. The van der Waals surface area contributed by atoms with Crippen LogP contribution in [0.3, 0.4) is 0 Å². The average molecular weight is 399 g/mol. The molecule has 1 nitrogen and oxygen atoms in total. The topological polar surface area (TPSA) is 4.93 Å². The predicted octanol–water partition coefficient (Wildman–Crippen LogP) is 6.36. The normalized spacial score (nSPS) is 12.0. The quantitative estimate of drug-likeness (QED) is 0.267. The van der Waals surface area contributed by atoms with Crippen molar-refractivity contribution < 1.29 is 0 Å². The second-order valence-corrected chi connectivity index (χ2v) is 7.28. The molecule has 0 amide bonds. The lowest BCUT2D eigenvalue weighted by molar-refractivity contribution is 1.51. The van der Waals surface area contributed by atoms with E-state index in [0.29, 0.717) is 0 Å². The molecule has 0 N–H and O–H groups in total. The minimum Gasteiger partial charge on any atom is -0.281 e. The molecule has 5 aromatic rings. The second kappa shape index (κ2) is 4.21. The zero-order valence-corrected chi connectivity index (χ0v) is 14.0. The fourth-order valence-corrected chi connectivity index (χ4v) is 5.24. The van der Waals surface area contributed by atoms with Gasteiger partial charge < -0.3 is 0 Å². The molecule has 3 aromatic carbocycles. The van der Waals surface area contributed by atoms with Gasteiger partial charge in [0.2, 0.25) is 0 Å². The number of nitrogens with zero attached hydrogens (tertiary/aromatic N) is 1. The van der Waals surface area contributed by atoms with E-state index in [0.717, 1.165) is 0 Å². The predicted molar refractivity (Wildman–Crippen MR) is 102 cm³/mol. The molecule has 0 aliphatic heterocycles. The molecule has 100 valence electrons. The summed E-state index contributed by atoms with van der Waals surface area (Å²) in [7, 11) is 0. The molecule has 0 atom stereocenters. The second-order valence-electron chi connectivity index (χ2n) is 5.23. The smallest absolute Gasteiger partial charge is 0.0683 e. The van der Waals surface area contributed by atoms with Crippen LogP contribution in [0.2, 0.25) is 0 Å². The lowest BCUT2D eigenvalue weighted by Crippen LogP contribution is -1.78. The number of hydrogen-bond donors (Lipinski definition) is 0. The Hall–Kier alpha value is -1.59. The number of thiophene rings is 1. The van der Waals surface area contributed by atoms with E-state index in [9.17, 15) is 0 Å². The molecule has 0 aliphatic rings. The molecule has 0 saturated heterocycles. The first-order chi connectivity index (χ1) is 10.3. The van der Waals surface area contributed by atoms with Gasteiger partial charge in [0, 0.05) is 30.9 Å². The number of fused-ring (bicyclic) bond motifs is 7. The van der Waals surface area contributed by atoms with Crippen LogP contribution in [0.4, 0.5) is 0 Å². The molecule has 0 radical (unpaired) electrons. The van der Waals surface area contributed by atoms with Crippen LogP contribution in [0.1, 0.15) is 0 Å². The standard InChI is InChI=1S/C18H10INS/c19-20-14-7-3-1-5-11(14)12-9-10-16-17(18(12)20)13-6-2-4-8-15(13)21-16/h1-10H. The van der Waals surface area contributed by atoms with E-state index in [-0.39, 0.29) is 0 Å². The Morgan fingerprint density at radius 2 is 1.48 bits per heavy atom. The molecule has 5 rings (SSSR count). The van der Waals surface area contributed by atoms with Gasteiger partial charge in [0.05, 0.1) is 33.9 Å². The molecule has 2 aromatic heterocycles. The van der Waals surface area contributed by atoms with E-state index < -0.39 is 0 Å². The highest BCUT2D eigenvalue weighted by Crippen LogP contribution is 2.42. The van der Waals surface area contributed by atoms with Crippen molar-refractivity contribution in [2.75, 3.05) is 0 Å². The molecule has 0 fully saturated rings. The third-order valence-electron chi connectivity index (χ3n) is 4.12. The van der Waals surface area contributed by atoms with E-state index in [1.165, 1.54) is 42.0 Å². The fourth-order valence-electron chi connectivity index (χ4n) is 3.21. The van der Waals surface area contributed by atoms with Crippen molar-refractivity contribution in [1.82, 2.24) is 2.78 Å². The van der Waals surface area contributed by atoms with Crippen LogP contribution in [-0.4, -0.2) is 2.78 Å². The Morgan fingerprint density at radius 1 is 0.714 bits per heavy atom. The largest absolute Gasteiger partial charge is 0.281 e. The SMILES string of the molecule is In1c2ccccc2c2ccc3sc4ccccc4c3c21. The van der Waals surface area contributed by atoms with Crippen molar-refractivity contribution in [3.8, 4) is 0 Å². The highest BCUT2D eigenvalue weighted by Gasteiger charge is 2.15. The maximum atomic E-state index is 2.43. The molecule has 0 spiro atoms. The number of hydrogen-bond acceptors (Lipinski definition) is 1. The molecule has 0 aliphatic carbocycles. The summed E-state index contributed by atoms with van der Waals surface area (Å²) in [5.74, 6) is 0. The van der Waals surface area contributed by atoms with E-state index in [2.05, 4.69) is 86.3 Å². The third kappa shape index (κ3) is 1.50. The van der Waals surface area contributed by atoms with Crippen molar-refractivity contribution in [3.05, 3.63) is 60.7 Å². The molecule has 3 heteroatoms. The van der Waals surface area contributed by atoms with Gasteiger partial charge in [-0.1, -0.05) is 42.5 Å². The van der Waals surface area contributed by atoms with E-state index in [4.69, 9.17) is 0 Å². The summed E-state index contributed by atoms with van der Waals surface area (Å²) < 4.78 is 5.04. The summed E-state index contributed by atoms with van der Waals surface area (Å²) in [5.41, 5.74) is 2.63. The number of benzene rings is 3. The Bertz CT molecular complexity index is 1150. The summed E-state index contributed by atoms with van der Waals surface area (Å²) >= 11 is 4.31. The first kappa shape index (κ1) is 12.0. The Balaban J connectivity index is 2.18. The highest BCUT2D eigenvalue weighted by molar-refractivity contribution is 14.1. The Labute approximate surface area is 139 Å². The van der Waals surface area contributed by atoms with E-state index >= 15 is 0 Å². The lowest BCUT2D eigenvalue weighted by Gasteiger charge is -1.98. The summed E-state index contributed by atoms with van der Waals surface area (Å²) in [6.45, 7) is 0. The molecular formula is C18H10INS. The van der Waals surface area contributed by atoms with Crippen molar-refractivity contribution in [1.29, 1.82) is 0 Å². The Kier molecular flexibility index (Phi) is 2.41. The van der Waals surface area contributed by atoms with Gasteiger partial charge in [0.1, 0.15) is 0 Å². The number of halogens is 1. The van der Waals surface area contributed by atoms with Gasteiger partial charge in [-0.25, -0.2) is 0 Å². The molecule has 2 heterocycles. The molecule has 0 bridgehead atoms. The third-order valence-corrected chi connectivity index (χ3v) is 6.26. The summed E-state index contributed by atoms with van der Waals surface area (Å²) in [6, 6.07) is 21.9. The van der Waals surface area contributed by atoms with E-state index in [1.54, 1.807) is 0 Å². The van der Waals surface area contributed by atoms with Gasteiger partial charge in [-0.2, -0.15) is 0 Å². The fraction of sp³-hybridized carbons (Fsp3) is 0. The maximum Gasteiger partial charge on any atom is 0.0683 e. The van der Waals surface area contributed by atoms with Crippen molar-refractivity contribution >= 4 is 76.2 Å². The van der Waals surface area contributed by atoms with Crippen LogP contribution in [0, 0.1) is 0 Å². The zero-order chi connectivity index (χ0) is 14.0. The summed E-state index contributed by atoms with van der Waals surface area (Å²) in [6.07, 6.45) is 0. The molecule has 0 unspecified atom stereocenters. The van der Waals surface area contributed by atoms with Crippen LogP contribution >= 0.6 is 34.2 Å². The van der Waals surface area contributed by atoms with Gasteiger partial charge in [0.25, 0.3) is 0 Å². The van der Waals surface area contributed by atoms with Crippen LogP contribution in [0.15, 0.2) is 60.7 Å². The maximum absolute atomic E-state index is 2.43. The van der Waals surface area contributed by atoms with Gasteiger partial charge in [0.15, 0.2) is 0 Å². The van der Waals surface area contributed by atoms with Crippen molar-refractivity contribution in [3.63, 3.8) is 0 Å². The minimum atomic E-state index is 1.29. The van der Waals surface area contributed by atoms with Crippen molar-refractivity contribution in [2.24, 2.45) is 0 Å². The lowest BCUT2D eigenvalue weighted by atomic mass is 10.1. The molecule has 21 heavy (non-hydrogen) atoms. The Morgan fingerprint density at radius 3 is 2.38 bits per heavy atom. The first-order valence-corrected chi connectivity index (χ1v) is 8.62. The van der Waals surface area contributed by atoms with Gasteiger partial charge in [-0.15, -0.1) is 11.3 Å². The van der Waals surface area contributed by atoms with Gasteiger partial charge >= 0.3 is 0 Å². The average Bonchev–Trinajstić information content (AvgIpc) is 3.04. The van der Waals surface area contributed by atoms with Gasteiger partial charge in [-0.05, 0) is 18.2 Å². The van der Waals surface area contributed by atoms with Crippen molar-refractivity contribution in [2.45, 2.75) is 0 Å². The molecule has 0 saturated carbocycles. The van der Waals surface area contributed by atoms with Crippen LogP contribution in [-0.2, 0) is 0 Å². The number of aromatic nitrogens is 1. The van der Waals surface area contributed by atoms with E-state index in [1.807, 2.05) is 11.3 Å². The van der Waals surface area contributed by atoms with Crippen LogP contribution in [0.25, 0.3) is 42.0 Å². The highest BCUT2D eigenvalue weighted by atomic mass is 127. The number of rotatable bonds is 0. The molecular weight excluding hydrogens is 389 g/mol. The van der Waals surface area contributed by atoms with Gasteiger partial charge in [-0.3, -0.25) is 2.78 Å². The summed E-state index contributed by atoms with van der Waals surface area (Å²) in [4.78, 5) is 0. The monoisotopic (exact) mass is 399 g/mol. The first-order valence-electron chi connectivity index (χ1n) is 6.84. The number of para-hydroxylation sites is 1. The summed E-state index contributed by atoms with van der Waals surface area (Å²) in [5, 5.41) is 5.43.